The zero-order chi connectivity index (χ0) is 14.2. The highest BCUT2D eigenvalue weighted by Crippen LogP contribution is 2.33. The number of rotatable bonds is 1. The Morgan fingerprint density at radius 2 is 1.90 bits per heavy atom. The van der Waals surface area contributed by atoms with Gasteiger partial charge in [-0.3, -0.25) is 0 Å². The van der Waals surface area contributed by atoms with Crippen LogP contribution in [0.1, 0.15) is 38.3 Å². The van der Waals surface area contributed by atoms with Gasteiger partial charge < -0.3 is 4.90 Å². The topological polar surface area (TPSA) is 16.1 Å². The van der Waals surface area contributed by atoms with E-state index in [4.69, 9.17) is 0 Å². The summed E-state index contributed by atoms with van der Waals surface area (Å²) >= 11 is 0. The van der Waals surface area contributed by atoms with E-state index in [-0.39, 0.29) is 5.41 Å². The molecule has 2 heterocycles. The molecule has 0 bridgehead atoms. The molecule has 0 saturated carbocycles. The molecule has 1 aliphatic rings. The molecule has 20 heavy (non-hydrogen) atoms. The van der Waals surface area contributed by atoms with Crippen molar-refractivity contribution in [1.82, 2.24) is 4.98 Å². The van der Waals surface area contributed by atoms with Crippen LogP contribution in [0.5, 0.6) is 0 Å². The van der Waals surface area contributed by atoms with Crippen molar-refractivity contribution in [3.63, 3.8) is 0 Å². The van der Waals surface area contributed by atoms with Crippen LogP contribution in [0.3, 0.4) is 0 Å². The number of hydrogen-bond acceptors (Lipinski definition) is 2. The largest absolute Gasteiger partial charge is 0.326 e. The number of fused-ring (bicyclic) bond motifs is 1. The van der Waals surface area contributed by atoms with E-state index >= 15 is 0 Å². The maximum atomic E-state index is 4.60. The van der Waals surface area contributed by atoms with E-state index in [1.165, 1.54) is 29.7 Å². The van der Waals surface area contributed by atoms with Gasteiger partial charge in [0.2, 0.25) is 0 Å². The normalized spacial score (nSPS) is 15.1. The number of aromatic nitrogens is 1. The standard InChI is InChI=1S/C18H22N2/c1-18(2,3)15-10-11-19-17(13-15)20-12-6-8-14-7-4-5-9-16(14)20/h4-5,7,9-11,13H,6,8,12H2,1-3H3. The van der Waals surface area contributed by atoms with Crippen molar-refractivity contribution in [3.8, 4) is 0 Å². The van der Waals surface area contributed by atoms with Crippen LogP contribution >= 0.6 is 0 Å². The first-order chi connectivity index (χ1) is 9.55. The lowest BCUT2D eigenvalue weighted by Gasteiger charge is -2.31. The zero-order valence-electron chi connectivity index (χ0n) is 12.6. The molecule has 2 heteroatoms. The van der Waals surface area contributed by atoms with Crippen molar-refractivity contribution >= 4 is 11.5 Å². The third-order valence-electron chi connectivity index (χ3n) is 4.00. The van der Waals surface area contributed by atoms with Crippen LogP contribution in [0, 0.1) is 0 Å². The third kappa shape index (κ3) is 2.43. The lowest BCUT2D eigenvalue weighted by molar-refractivity contribution is 0.589. The Bertz CT molecular complexity index is 611. The smallest absolute Gasteiger partial charge is 0.133 e. The Morgan fingerprint density at radius 3 is 2.70 bits per heavy atom. The number of para-hydroxylation sites is 1. The first-order valence-electron chi connectivity index (χ1n) is 7.38. The summed E-state index contributed by atoms with van der Waals surface area (Å²) in [6.45, 7) is 7.79. The fourth-order valence-electron chi connectivity index (χ4n) is 2.80. The second-order valence-electron chi connectivity index (χ2n) is 6.54. The van der Waals surface area contributed by atoms with Gasteiger partial charge in [0.05, 0.1) is 0 Å². The van der Waals surface area contributed by atoms with Crippen LogP contribution < -0.4 is 4.90 Å². The van der Waals surface area contributed by atoms with E-state index in [1.54, 1.807) is 0 Å². The summed E-state index contributed by atoms with van der Waals surface area (Å²) in [4.78, 5) is 6.96. The molecule has 0 spiro atoms. The predicted octanol–water partition coefficient (Wildman–Crippen LogP) is 4.46. The van der Waals surface area contributed by atoms with Gasteiger partial charge in [0.25, 0.3) is 0 Å². The lowest BCUT2D eigenvalue weighted by atomic mass is 9.87. The molecule has 0 atom stereocenters. The van der Waals surface area contributed by atoms with Gasteiger partial charge in [0, 0.05) is 18.4 Å². The summed E-state index contributed by atoms with van der Waals surface area (Å²) in [5.41, 5.74) is 4.25. The summed E-state index contributed by atoms with van der Waals surface area (Å²) in [5, 5.41) is 0. The fraction of sp³-hybridized carbons (Fsp3) is 0.389. The summed E-state index contributed by atoms with van der Waals surface area (Å²) in [5.74, 6) is 1.07. The summed E-state index contributed by atoms with van der Waals surface area (Å²) in [7, 11) is 0. The summed E-state index contributed by atoms with van der Waals surface area (Å²) in [6.07, 6.45) is 4.30. The molecule has 0 saturated heterocycles. The highest BCUT2D eigenvalue weighted by atomic mass is 15.2. The Morgan fingerprint density at radius 1 is 1.10 bits per heavy atom. The van der Waals surface area contributed by atoms with Crippen LogP contribution in [0.4, 0.5) is 11.5 Å². The molecular formula is C18H22N2. The molecule has 2 aromatic rings. The Labute approximate surface area is 121 Å². The molecule has 1 aromatic carbocycles. The number of benzene rings is 1. The molecule has 3 rings (SSSR count). The first-order valence-corrected chi connectivity index (χ1v) is 7.38. The van der Waals surface area contributed by atoms with Gasteiger partial charge in [-0.05, 0) is 47.6 Å². The molecule has 0 fully saturated rings. The van der Waals surface area contributed by atoms with E-state index in [1.807, 2.05) is 6.20 Å². The molecule has 2 nitrogen and oxygen atoms in total. The van der Waals surface area contributed by atoms with E-state index in [9.17, 15) is 0 Å². The minimum Gasteiger partial charge on any atom is -0.326 e. The summed E-state index contributed by atoms with van der Waals surface area (Å²) in [6, 6.07) is 13.0. The average Bonchev–Trinajstić information content (AvgIpc) is 2.46. The molecule has 0 radical (unpaired) electrons. The van der Waals surface area contributed by atoms with Gasteiger partial charge in [0.15, 0.2) is 0 Å². The van der Waals surface area contributed by atoms with Crippen molar-refractivity contribution < 1.29 is 0 Å². The van der Waals surface area contributed by atoms with Gasteiger partial charge in [-0.15, -0.1) is 0 Å². The van der Waals surface area contributed by atoms with E-state index in [0.717, 1.165) is 12.4 Å². The molecule has 0 aliphatic carbocycles. The van der Waals surface area contributed by atoms with Crippen molar-refractivity contribution in [3.05, 3.63) is 53.7 Å². The minimum absolute atomic E-state index is 0.160. The quantitative estimate of drug-likeness (QED) is 0.757. The van der Waals surface area contributed by atoms with E-state index < -0.39 is 0 Å². The van der Waals surface area contributed by atoms with Gasteiger partial charge in [-0.1, -0.05) is 39.0 Å². The van der Waals surface area contributed by atoms with Gasteiger partial charge in [0.1, 0.15) is 5.82 Å². The lowest BCUT2D eigenvalue weighted by Crippen LogP contribution is -2.25. The van der Waals surface area contributed by atoms with Crippen LogP contribution in [0.25, 0.3) is 0 Å². The van der Waals surface area contributed by atoms with Gasteiger partial charge in [-0.2, -0.15) is 0 Å². The van der Waals surface area contributed by atoms with E-state index in [2.05, 4.69) is 67.1 Å². The number of pyridine rings is 1. The highest BCUT2D eigenvalue weighted by Gasteiger charge is 2.20. The van der Waals surface area contributed by atoms with Crippen LogP contribution in [0.2, 0.25) is 0 Å². The number of hydrogen-bond donors (Lipinski definition) is 0. The Balaban J connectivity index is 2.03. The monoisotopic (exact) mass is 266 g/mol. The van der Waals surface area contributed by atoms with E-state index in [0.29, 0.717) is 0 Å². The van der Waals surface area contributed by atoms with Crippen LogP contribution in [-0.4, -0.2) is 11.5 Å². The molecule has 0 unspecified atom stereocenters. The Kier molecular flexibility index (Phi) is 3.25. The predicted molar refractivity (Wildman–Crippen MR) is 84.7 cm³/mol. The van der Waals surface area contributed by atoms with Crippen molar-refractivity contribution in [2.75, 3.05) is 11.4 Å². The van der Waals surface area contributed by atoms with Crippen molar-refractivity contribution in [1.29, 1.82) is 0 Å². The van der Waals surface area contributed by atoms with Crippen molar-refractivity contribution in [2.45, 2.75) is 39.0 Å². The third-order valence-corrected chi connectivity index (χ3v) is 4.00. The molecule has 0 amide bonds. The molecule has 104 valence electrons. The SMILES string of the molecule is CC(C)(C)c1ccnc(N2CCCc3ccccc32)c1. The number of aryl methyl sites for hydroxylation is 1. The highest BCUT2D eigenvalue weighted by molar-refractivity contribution is 5.65. The fourth-order valence-corrected chi connectivity index (χ4v) is 2.80. The number of nitrogens with zero attached hydrogens (tertiary/aromatic N) is 2. The molecular weight excluding hydrogens is 244 g/mol. The Hall–Kier alpha value is -1.83. The molecule has 0 N–H and O–H groups in total. The van der Waals surface area contributed by atoms with Gasteiger partial charge in [-0.25, -0.2) is 4.98 Å². The minimum atomic E-state index is 0.160. The maximum Gasteiger partial charge on any atom is 0.133 e. The van der Waals surface area contributed by atoms with Crippen LogP contribution in [0.15, 0.2) is 42.6 Å². The zero-order valence-corrected chi connectivity index (χ0v) is 12.6. The number of anilines is 2. The molecule has 1 aromatic heterocycles. The molecule has 1 aliphatic heterocycles. The first kappa shape index (κ1) is 13.2. The maximum absolute atomic E-state index is 4.60. The second kappa shape index (κ2) is 4.93. The second-order valence-corrected chi connectivity index (χ2v) is 6.54. The van der Waals surface area contributed by atoms with Crippen LogP contribution in [-0.2, 0) is 11.8 Å². The average molecular weight is 266 g/mol. The summed E-state index contributed by atoms with van der Waals surface area (Å²) < 4.78 is 0. The van der Waals surface area contributed by atoms with Crippen molar-refractivity contribution in [2.24, 2.45) is 0 Å². The van der Waals surface area contributed by atoms with Gasteiger partial charge >= 0.3 is 0 Å².